The lowest BCUT2D eigenvalue weighted by Crippen LogP contribution is -1.70. The first kappa shape index (κ1) is 7.57. The fraction of sp³-hybridized carbons (Fsp3) is 0. The maximum Gasteiger partial charge on any atom is -0.00992 e. The fourth-order valence-electron chi connectivity index (χ4n) is 2.03. The summed E-state index contributed by atoms with van der Waals surface area (Å²) in [6, 6.07) is 12.7. The molecule has 0 heteroatoms. The van der Waals surface area contributed by atoms with E-state index in [1.54, 1.807) is 0 Å². The van der Waals surface area contributed by atoms with Crippen LogP contribution in [0.4, 0.5) is 0 Å². The molecule has 0 aliphatic heterocycles. The van der Waals surface area contributed by atoms with E-state index in [0.29, 0.717) is 0 Å². The Morgan fingerprint density at radius 3 is 2.64 bits per heavy atom. The number of fused-ring (bicyclic) bond motifs is 3. The van der Waals surface area contributed by atoms with Crippen molar-refractivity contribution < 1.29 is 0 Å². The molecule has 0 atom stereocenters. The summed E-state index contributed by atoms with van der Waals surface area (Å²) in [5.74, 6) is 0. The molecular weight excluding hydrogens is 168 g/mol. The number of allylic oxidation sites excluding steroid dienone is 2. The molecule has 0 fully saturated rings. The molecule has 14 heavy (non-hydrogen) atoms. The Kier molecular flexibility index (Phi) is 1.40. The molecule has 0 saturated carbocycles. The van der Waals surface area contributed by atoms with Gasteiger partial charge in [0.05, 0.1) is 0 Å². The Bertz CT molecular complexity index is 518. The van der Waals surface area contributed by atoms with E-state index in [0.717, 1.165) is 5.57 Å². The molecule has 3 aliphatic rings. The van der Waals surface area contributed by atoms with Gasteiger partial charge in [0, 0.05) is 0 Å². The zero-order chi connectivity index (χ0) is 9.54. The Labute approximate surface area is 83.5 Å². The summed E-state index contributed by atoms with van der Waals surface area (Å²) in [5, 5.41) is 0. The molecule has 3 aliphatic carbocycles. The van der Waals surface area contributed by atoms with Crippen molar-refractivity contribution in [1.29, 1.82) is 0 Å². The van der Waals surface area contributed by atoms with Crippen LogP contribution in [-0.2, 0) is 0 Å². The summed E-state index contributed by atoms with van der Waals surface area (Å²) in [7, 11) is 0. The van der Waals surface area contributed by atoms with Gasteiger partial charge >= 0.3 is 0 Å². The van der Waals surface area contributed by atoms with Crippen molar-refractivity contribution in [2.45, 2.75) is 0 Å². The van der Waals surface area contributed by atoms with Gasteiger partial charge in [-0.1, -0.05) is 49.1 Å². The van der Waals surface area contributed by atoms with E-state index in [4.69, 9.17) is 0 Å². The Morgan fingerprint density at radius 2 is 1.71 bits per heavy atom. The van der Waals surface area contributed by atoms with Crippen molar-refractivity contribution in [1.82, 2.24) is 0 Å². The summed E-state index contributed by atoms with van der Waals surface area (Å²) < 4.78 is 0. The van der Waals surface area contributed by atoms with Crippen LogP contribution in [0.3, 0.4) is 0 Å². The second kappa shape index (κ2) is 2.58. The lowest BCUT2D eigenvalue weighted by molar-refractivity contribution is 1.78. The molecule has 0 aromatic rings. The van der Waals surface area contributed by atoms with Gasteiger partial charge in [0.15, 0.2) is 0 Å². The van der Waals surface area contributed by atoms with Crippen molar-refractivity contribution in [2.24, 2.45) is 0 Å². The summed E-state index contributed by atoms with van der Waals surface area (Å²) in [6.45, 7) is 4.02. The Hall–Kier alpha value is -1.82. The van der Waals surface area contributed by atoms with Crippen LogP contribution in [0.5, 0.6) is 0 Å². The Morgan fingerprint density at radius 1 is 0.857 bits per heavy atom. The zero-order valence-electron chi connectivity index (χ0n) is 7.83. The molecule has 0 radical (unpaired) electrons. The van der Waals surface area contributed by atoms with Gasteiger partial charge in [-0.15, -0.1) is 0 Å². The molecule has 0 bridgehead atoms. The first-order chi connectivity index (χ1) is 6.86. The second-order valence-electron chi connectivity index (χ2n) is 3.61. The summed E-state index contributed by atoms with van der Waals surface area (Å²) >= 11 is 0. The summed E-state index contributed by atoms with van der Waals surface area (Å²) in [5.41, 5.74) is 6.34. The van der Waals surface area contributed by atoms with Crippen LogP contribution in [0.2, 0.25) is 0 Å². The van der Waals surface area contributed by atoms with Crippen LogP contribution in [0.1, 0.15) is 11.1 Å². The third-order valence-electron chi connectivity index (χ3n) is 2.75. The smallest absolute Gasteiger partial charge is 0.00992 e. The minimum absolute atomic E-state index is 1.12. The molecule has 66 valence electrons. The van der Waals surface area contributed by atoms with Crippen LogP contribution in [-0.4, -0.2) is 0 Å². The largest absolute Gasteiger partial charge is 0.0911 e. The molecule has 3 rings (SSSR count). The van der Waals surface area contributed by atoms with Crippen LogP contribution in [0, 0.1) is 0 Å². The maximum absolute atomic E-state index is 4.02. The number of hydrogen-bond donors (Lipinski definition) is 0. The predicted molar refractivity (Wildman–Crippen MR) is 61.1 cm³/mol. The molecule has 0 unspecified atom stereocenters. The maximum atomic E-state index is 4.02. The average molecular weight is 178 g/mol. The van der Waals surface area contributed by atoms with Crippen LogP contribution in [0.25, 0.3) is 22.8 Å². The Balaban J connectivity index is 2.41. The minimum Gasteiger partial charge on any atom is -0.0911 e. The predicted octanol–water partition coefficient (Wildman–Crippen LogP) is 3.83. The molecule has 0 heterocycles. The SMILES string of the molecule is C=C1C=Cc2c1cc1cccccc2-1. The van der Waals surface area contributed by atoms with Gasteiger partial charge in [0.2, 0.25) is 0 Å². The van der Waals surface area contributed by atoms with Crippen molar-refractivity contribution >= 4 is 11.6 Å². The van der Waals surface area contributed by atoms with Crippen molar-refractivity contribution in [3.8, 4) is 11.1 Å². The van der Waals surface area contributed by atoms with Gasteiger partial charge < -0.3 is 0 Å². The van der Waals surface area contributed by atoms with E-state index in [-0.39, 0.29) is 0 Å². The third kappa shape index (κ3) is 0.882. The van der Waals surface area contributed by atoms with Crippen molar-refractivity contribution in [3.05, 3.63) is 60.2 Å². The van der Waals surface area contributed by atoms with Gasteiger partial charge in [-0.3, -0.25) is 0 Å². The standard InChI is InChI=1S/C14H10/c1-10-7-8-13-12-6-4-2-3-5-11(12)9-14(10)13/h2-9H,1H2. The average Bonchev–Trinajstić information content (AvgIpc) is 2.60. The lowest BCUT2D eigenvalue weighted by Gasteiger charge is -1.92. The molecule has 0 aromatic heterocycles. The van der Waals surface area contributed by atoms with E-state index in [1.807, 2.05) is 0 Å². The molecule has 0 amide bonds. The normalized spacial score (nSPS) is 13.6. The second-order valence-corrected chi connectivity index (χ2v) is 3.61. The van der Waals surface area contributed by atoms with Crippen LogP contribution < -0.4 is 0 Å². The molecule has 0 nitrogen and oxygen atoms in total. The lowest BCUT2D eigenvalue weighted by atomic mass is 10.1. The van der Waals surface area contributed by atoms with Crippen LogP contribution >= 0.6 is 0 Å². The van der Waals surface area contributed by atoms with E-state index in [2.05, 4.69) is 55.1 Å². The number of hydrogen-bond acceptors (Lipinski definition) is 0. The van der Waals surface area contributed by atoms with E-state index >= 15 is 0 Å². The highest BCUT2D eigenvalue weighted by atomic mass is 14.2. The first-order valence-electron chi connectivity index (χ1n) is 4.75. The van der Waals surface area contributed by atoms with E-state index < -0.39 is 0 Å². The molecule has 0 saturated heterocycles. The van der Waals surface area contributed by atoms with Gasteiger partial charge in [-0.25, -0.2) is 0 Å². The monoisotopic (exact) mass is 178 g/mol. The van der Waals surface area contributed by atoms with Crippen molar-refractivity contribution in [2.75, 3.05) is 0 Å². The van der Waals surface area contributed by atoms with Crippen LogP contribution in [0.15, 0.2) is 49.1 Å². The van der Waals surface area contributed by atoms with E-state index in [9.17, 15) is 0 Å². The third-order valence-corrected chi connectivity index (χ3v) is 2.75. The summed E-state index contributed by atoms with van der Waals surface area (Å²) in [6.07, 6.45) is 4.23. The highest BCUT2D eigenvalue weighted by molar-refractivity contribution is 5.98. The van der Waals surface area contributed by atoms with Gasteiger partial charge in [0.1, 0.15) is 0 Å². The van der Waals surface area contributed by atoms with Gasteiger partial charge in [-0.05, 0) is 33.9 Å². The zero-order valence-corrected chi connectivity index (χ0v) is 7.83. The highest BCUT2D eigenvalue weighted by Gasteiger charge is 2.17. The molecule has 0 spiro atoms. The summed E-state index contributed by atoms with van der Waals surface area (Å²) in [4.78, 5) is 0. The molecular formula is C14H10. The highest BCUT2D eigenvalue weighted by Crippen LogP contribution is 2.39. The first-order valence-corrected chi connectivity index (χ1v) is 4.75. The molecule has 0 N–H and O–H groups in total. The molecule has 0 aromatic carbocycles. The van der Waals surface area contributed by atoms with Crippen molar-refractivity contribution in [3.63, 3.8) is 0 Å². The fourth-order valence-corrected chi connectivity index (χ4v) is 2.03. The quantitative estimate of drug-likeness (QED) is 0.575. The minimum atomic E-state index is 1.12. The number of rotatable bonds is 0. The van der Waals surface area contributed by atoms with E-state index in [1.165, 1.54) is 22.3 Å². The topological polar surface area (TPSA) is 0 Å². The van der Waals surface area contributed by atoms with Gasteiger partial charge in [0.25, 0.3) is 0 Å². The van der Waals surface area contributed by atoms with Gasteiger partial charge in [-0.2, -0.15) is 0 Å².